The van der Waals surface area contributed by atoms with Gasteiger partial charge in [0.1, 0.15) is 17.9 Å². The van der Waals surface area contributed by atoms with Gasteiger partial charge in [-0.25, -0.2) is 4.39 Å². The Morgan fingerprint density at radius 2 is 1.91 bits per heavy atom. The molecule has 23 heavy (non-hydrogen) atoms. The molecule has 1 amide bonds. The van der Waals surface area contributed by atoms with Crippen LogP contribution in [0.3, 0.4) is 0 Å². The number of amides is 1. The second-order valence-corrected chi connectivity index (χ2v) is 5.98. The molecule has 6 heteroatoms. The summed E-state index contributed by atoms with van der Waals surface area (Å²) in [5, 5.41) is 2.45. The standard InChI is InChI=1S/C17H15BrFNO3/c1-10-5-12(8-21)6-11(2)17(10)23-9-16(22)20-15-4-3-13(18)7-14(15)19/h3-8H,9H2,1-2H3,(H,20,22). The number of nitrogens with one attached hydrogen (secondary N) is 1. The fraction of sp³-hybridized carbons (Fsp3) is 0.176. The maximum absolute atomic E-state index is 13.7. The van der Waals surface area contributed by atoms with Gasteiger partial charge in [0.2, 0.25) is 0 Å². The zero-order valence-electron chi connectivity index (χ0n) is 12.7. The minimum atomic E-state index is -0.532. The average Bonchev–Trinajstić information content (AvgIpc) is 2.49. The molecule has 4 nitrogen and oxygen atoms in total. The van der Waals surface area contributed by atoms with Crippen molar-refractivity contribution in [3.8, 4) is 5.75 Å². The second kappa shape index (κ2) is 7.37. The summed E-state index contributed by atoms with van der Waals surface area (Å²) >= 11 is 3.15. The highest BCUT2D eigenvalue weighted by molar-refractivity contribution is 9.10. The molecular formula is C17H15BrFNO3. The Balaban J connectivity index is 2.03. The number of carbonyl (C=O) groups excluding carboxylic acids is 2. The lowest BCUT2D eigenvalue weighted by molar-refractivity contribution is -0.118. The molecule has 0 heterocycles. The number of anilines is 1. The van der Waals surface area contributed by atoms with Gasteiger partial charge in [-0.3, -0.25) is 9.59 Å². The van der Waals surface area contributed by atoms with Crippen LogP contribution in [-0.4, -0.2) is 18.8 Å². The van der Waals surface area contributed by atoms with E-state index in [9.17, 15) is 14.0 Å². The predicted octanol–water partition coefficient (Wildman–Crippen LogP) is 4.04. The topological polar surface area (TPSA) is 55.4 Å². The van der Waals surface area contributed by atoms with Gasteiger partial charge in [0, 0.05) is 10.0 Å². The molecule has 0 radical (unpaired) electrons. The fourth-order valence-corrected chi connectivity index (χ4v) is 2.53. The Morgan fingerprint density at radius 1 is 1.26 bits per heavy atom. The third-order valence-electron chi connectivity index (χ3n) is 3.17. The van der Waals surface area contributed by atoms with Crippen molar-refractivity contribution in [2.45, 2.75) is 13.8 Å². The van der Waals surface area contributed by atoms with Crippen LogP contribution >= 0.6 is 15.9 Å². The van der Waals surface area contributed by atoms with Crippen molar-refractivity contribution in [3.63, 3.8) is 0 Å². The molecule has 1 N–H and O–H groups in total. The van der Waals surface area contributed by atoms with Crippen LogP contribution in [0.25, 0.3) is 0 Å². The van der Waals surface area contributed by atoms with Crippen molar-refractivity contribution in [1.82, 2.24) is 0 Å². The van der Waals surface area contributed by atoms with Gasteiger partial charge >= 0.3 is 0 Å². The summed E-state index contributed by atoms with van der Waals surface area (Å²) in [5.74, 6) is -0.457. The molecule has 0 aliphatic heterocycles. The lowest BCUT2D eigenvalue weighted by Gasteiger charge is -2.13. The number of aryl methyl sites for hydroxylation is 2. The van der Waals surface area contributed by atoms with Gasteiger partial charge < -0.3 is 10.1 Å². The first-order chi connectivity index (χ1) is 10.9. The zero-order chi connectivity index (χ0) is 17.0. The van der Waals surface area contributed by atoms with Crippen LogP contribution in [0.4, 0.5) is 10.1 Å². The molecule has 0 unspecified atom stereocenters. The average molecular weight is 380 g/mol. The molecular weight excluding hydrogens is 365 g/mol. The van der Waals surface area contributed by atoms with Gasteiger partial charge in [-0.05, 0) is 55.3 Å². The van der Waals surface area contributed by atoms with Gasteiger partial charge in [0.05, 0.1) is 5.69 Å². The van der Waals surface area contributed by atoms with Crippen molar-refractivity contribution in [3.05, 3.63) is 57.3 Å². The zero-order valence-corrected chi connectivity index (χ0v) is 14.2. The van der Waals surface area contributed by atoms with Crippen molar-refractivity contribution in [2.24, 2.45) is 0 Å². The van der Waals surface area contributed by atoms with E-state index in [1.165, 1.54) is 12.1 Å². The number of hydrogen-bond acceptors (Lipinski definition) is 3. The molecule has 2 aromatic carbocycles. The fourth-order valence-electron chi connectivity index (χ4n) is 2.19. The van der Waals surface area contributed by atoms with Crippen LogP contribution in [0.2, 0.25) is 0 Å². The SMILES string of the molecule is Cc1cc(C=O)cc(C)c1OCC(=O)Nc1ccc(Br)cc1F. The normalized spacial score (nSPS) is 10.3. The Kier molecular flexibility index (Phi) is 5.50. The largest absolute Gasteiger partial charge is 0.483 e. The van der Waals surface area contributed by atoms with E-state index in [0.717, 1.165) is 17.4 Å². The molecule has 0 saturated carbocycles. The third kappa shape index (κ3) is 4.39. The van der Waals surface area contributed by atoms with E-state index in [4.69, 9.17) is 4.74 Å². The molecule has 0 fully saturated rings. The molecule has 2 rings (SSSR count). The highest BCUT2D eigenvalue weighted by Crippen LogP contribution is 2.24. The van der Waals surface area contributed by atoms with Crippen molar-refractivity contribution in [1.29, 1.82) is 0 Å². The number of hydrogen-bond donors (Lipinski definition) is 1. The van der Waals surface area contributed by atoms with E-state index in [2.05, 4.69) is 21.2 Å². The molecule has 0 aliphatic rings. The monoisotopic (exact) mass is 379 g/mol. The number of halogens is 2. The number of benzene rings is 2. The van der Waals surface area contributed by atoms with Crippen LogP contribution in [0, 0.1) is 19.7 Å². The van der Waals surface area contributed by atoms with E-state index in [1.54, 1.807) is 32.0 Å². The highest BCUT2D eigenvalue weighted by atomic mass is 79.9. The summed E-state index contributed by atoms with van der Waals surface area (Å²) < 4.78 is 19.8. The van der Waals surface area contributed by atoms with Crippen molar-refractivity contribution in [2.75, 3.05) is 11.9 Å². The van der Waals surface area contributed by atoms with Crippen LogP contribution < -0.4 is 10.1 Å². The Hall–Kier alpha value is -2.21. The van der Waals surface area contributed by atoms with Crippen LogP contribution in [-0.2, 0) is 4.79 Å². The first-order valence-corrected chi connectivity index (χ1v) is 7.64. The van der Waals surface area contributed by atoms with Crippen LogP contribution in [0.5, 0.6) is 5.75 Å². The number of rotatable bonds is 5. The van der Waals surface area contributed by atoms with Crippen molar-refractivity contribution >= 4 is 33.8 Å². The highest BCUT2D eigenvalue weighted by Gasteiger charge is 2.11. The summed E-state index contributed by atoms with van der Waals surface area (Å²) in [5.41, 5.74) is 2.16. The first-order valence-electron chi connectivity index (χ1n) is 6.85. The molecule has 2 aromatic rings. The summed E-state index contributed by atoms with van der Waals surface area (Å²) in [4.78, 5) is 22.7. The number of ether oxygens (including phenoxy) is 1. The molecule has 0 atom stereocenters. The predicted molar refractivity (Wildman–Crippen MR) is 89.5 cm³/mol. The van der Waals surface area contributed by atoms with Gasteiger partial charge in [0.15, 0.2) is 6.61 Å². The third-order valence-corrected chi connectivity index (χ3v) is 3.66. The lowest BCUT2D eigenvalue weighted by Crippen LogP contribution is -2.21. The molecule has 0 spiro atoms. The van der Waals surface area contributed by atoms with Crippen LogP contribution in [0.15, 0.2) is 34.8 Å². The van der Waals surface area contributed by atoms with E-state index in [0.29, 0.717) is 15.8 Å². The second-order valence-electron chi connectivity index (χ2n) is 5.06. The summed E-state index contributed by atoms with van der Waals surface area (Å²) in [6.45, 7) is 3.33. The van der Waals surface area contributed by atoms with Gasteiger partial charge in [-0.15, -0.1) is 0 Å². The van der Waals surface area contributed by atoms with E-state index < -0.39 is 11.7 Å². The van der Waals surface area contributed by atoms with E-state index in [-0.39, 0.29) is 12.3 Å². The van der Waals surface area contributed by atoms with E-state index in [1.807, 2.05) is 0 Å². The van der Waals surface area contributed by atoms with Gasteiger partial charge in [-0.1, -0.05) is 15.9 Å². The molecule has 120 valence electrons. The van der Waals surface area contributed by atoms with Gasteiger partial charge in [0.25, 0.3) is 5.91 Å². The number of carbonyl (C=O) groups is 2. The van der Waals surface area contributed by atoms with Crippen molar-refractivity contribution < 1.29 is 18.7 Å². The molecule has 0 bridgehead atoms. The molecule has 0 aliphatic carbocycles. The first kappa shape index (κ1) is 17.1. The minimum Gasteiger partial charge on any atom is -0.483 e. The Labute approximate surface area is 141 Å². The smallest absolute Gasteiger partial charge is 0.262 e. The molecule has 0 saturated heterocycles. The minimum absolute atomic E-state index is 0.0894. The maximum atomic E-state index is 13.7. The number of aldehydes is 1. The Bertz CT molecular complexity index is 738. The maximum Gasteiger partial charge on any atom is 0.262 e. The Morgan fingerprint density at radius 3 is 2.48 bits per heavy atom. The van der Waals surface area contributed by atoms with Crippen LogP contribution in [0.1, 0.15) is 21.5 Å². The van der Waals surface area contributed by atoms with E-state index >= 15 is 0 Å². The summed E-state index contributed by atoms with van der Waals surface area (Å²) in [7, 11) is 0. The lowest BCUT2D eigenvalue weighted by atomic mass is 10.1. The molecule has 0 aromatic heterocycles. The van der Waals surface area contributed by atoms with Gasteiger partial charge in [-0.2, -0.15) is 0 Å². The summed E-state index contributed by atoms with van der Waals surface area (Å²) in [6, 6.07) is 7.73. The quantitative estimate of drug-likeness (QED) is 0.797. The summed E-state index contributed by atoms with van der Waals surface area (Å²) in [6.07, 6.45) is 0.757.